The Morgan fingerprint density at radius 3 is 2.33 bits per heavy atom. The van der Waals surface area contributed by atoms with E-state index in [9.17, 15) is 9.90 Å². The summed E-state index contributed by atoms with van der Waals surface area (Å²) in [5, 5.41) is 11.7. The predicted octanol–water partition coefficient (Wildman–Crippen LogP) is 0.881. The van der Waals surface area contributed by atoms with Gasteiger partial charge in [-0.05, 0) is 35.0 Å². The molecule has 0 aliphatic rings. The number of carbonyl (C=O) groups excluding carboxylic acids is 1. The minimum atomic E-state index is -0.571. The number of benzene rings is 3. The molecule has 1 N–H and O–H groups in total. The SMILES string of the molecule is O=C(Oc1ccc2ccccc2c1)c1ccccc1O.[H-].[K+]. The number of rotatable bonds is 2. The number of esters is 1. The Bertz CT molecular complexity index is 789. The van der Waals surface area contributed by atoms with Crippen LogP contribution in [-0.4, -0.2) is 11.1 Å². The second-order valence-corrected chi connectivity index (χ2v) is 4.42. The zero-order chi connectivity index (χ0) is 13.9. The van der Waals surface area contributed by atoms with Gasteiger partial charge in [0.1, 0.15) is 17.1 Å². The number of fused-ring (bicyclic) bond motifs is 1. The van der Waals surface area contributed by atoms with Gasteiger partial charge in [-0.3, -0.25) is 0 Å². The summed E-state index contributed by atoms with van der Waals surface area (Å²) in [6.07, 6.45) is 0. The summed E-state index contributed by atoms with van der Waals surface area (Å²) in [5.41, 5.74) is 0.153. The first-order chi connectivity index (χ1) is 9.74. The van der Waals surface area contributed by atoms with Gasteiger partial charge in [0.05, 0.1) is 0 Å². The predicted molar refractivity (Wildman–Crippen MR) is 78.1 cm³/mol. The van der Waals surface area contributed by atoms with Crippen molar-refractivity contribution in [3.63, 3.8) is 0 Å². The molecule has 0 unspecified atom stereocenters. The first kappa shape index (κ1) is 16.2. The minimum Gasteiger partial charge on any atom is -1.00 e. The van der Waals surface area contributed by atoms with Crippen LogP contribution >= 0.6 is 0 Å². The van der Waals surface area contributed by atoms with Gasteiger partial charge in [0.25, 0.3) is 0 Å². The maximum Gasteiger partial charge on any atom is 1.00 e. The van der Waals surface area contributed by atoms with Crippen molar-refractivity contribution in [1.82, 2.24) is 0 Å². The monoisotopic (exact) mass is 304 g/mol. The van der Waals surface area contributed by atoms with Crippen molar-refractivity contribution in [2.45, 2.75) is 0 Å². The Balaban J connectivity index is 0.00000121. The molecule has 0 amide bonds. The molecule has 0 saturated carbocycles. The fourth-order valence-corrected chi connectivity index (χ4v) is 2.04. The molecule has 3 aromatic rings. The Morgan fingerprint density at radius 2 is 1.57 bits per heavy atom. The largest absolute Gasteiger partial charge is 1.00 e. The minimum absolute atomic E-state index is 0. The van der Waals surface area contributed by atoms with Crippen LogP contribution in [0, 0.1) is 0 Å². The van der Waals surface area contributed by atoms with E-state index >= 15 is 0 Å². The topological polar surface area (TPSA) is 46.5 Å². The van der Waals surface area contributed by atoms with E-state index in [1.807, 2.05) is 30.3 Å². The van der Waals surface area contributed by atoms with Gasteiger partial charge in [-0.15, -0.1) is 0 Å². The Labute approximate surface area is 166 Å². The maximum atomic E-state index is 12.0. The molecular weight excluding hydrogens is 291 g/mol. The van der Waals surface area contributed by atoms with Crippen LogP contribution < -0.4 is 56.1 Å². The van der Waals surface area contributed by atoms with Gasteiger partial charge < -0.3 is 11.3 Å². The third-order valence-electron chi connectivity index (χ3n) is 3.06. The van der Waals surface area contributed by atoms with Crippen LogP contribution in [0.4, 0.5) is 0 Å². The Morgan fingerprint density at radius 1 is 0.905 bits per heavy atom. The summed E-state index contributed by atoms with van der Waals surface area (Å²) < 4.78 is 5.29. The summed E-state index contributed by atoms with van der Waals surface area (Å²) in [6, 6.07) is 19.6. The standard InChI is InChI=1S/C17H12O3.K.H/c18-16-8-4-3-7-15(16)17(19)20-14-10-9-12-5-1-2-6-13(12)11-14;;/h1-11,18H;;/q;+1;-1. The molecule has 0 saturated heterocycles. The van der Waals surface area contributed by atoms with Crippen molar-refractivity contribution >= 4 is 16.7 Å². The smallest absolute Gasteiger partial charge is 1.00 e. The van der Waals surface area contributed by atoms with Crippen molar-refractivity contribution < 1.29 is 67.4 Å². The van der Waals surface area contributed by atoms with Crippen LogP contribution in [0.5, 0.6) is 11.5 Å². The van der Waals surface area contributed by atoms with Gasteiger partial charge in [-0.25, -0.2) is 4.79 Å². The zero-order valence-corrected chi connectivity index (χ0v) is 14.7. The van der Waals surface area contributed by atoms with Crippen molar-refractivity contribution in [2.75, 3.05) is 0 Å². The molecule has 0 spiro atoms. The summed E-state index contributed by atoms with van der Waals surface area (Å²) in [7, 11) is 0. The molecule has 0 fully saturated rings. The summed E-state index contributed by atoms with van der Waals surface area (Å²) in [6.45, 7) is 0. The molecule has 0 bridgehead atoms. The van der Waals surface area contributed by atoms with Gasteiger partial charge in [-0.1, -0.05) is 42.5 Å². The number of aromatic hydroxyl groups is 1. The third-order valence-corrected chi connectivity index (χ3v) is 3.06. The molecule has 21 heavy (non-hydrogen) atoms. The number of phenols is 1. The van der Waals surface area contributed by atoms with E-state index in [0.29, 0.717) is 5.75 Å². The summed E-state index contributed by atoms with van der Waals surface area (Å²) >= 11 is 0. The Kier molecular flexibility index (Phi) is 5.55. The molecule has 3 rings (SSSR count). The van der Waals surface area contributed by atoms with Gasteiger partial charge in [0.15, 0.2) is 0 Å². The van der Waals surface area contributed by atoms with E-state index < -0.39 is 5.97 Å². The molecule has 100 valence electrons. The number of carbonyl (C=O) groups is 1. The van der Waals surface area contributed by atoms with Gasteiger partial charge >= 0.3 is 57.4 Å². The summed E-state index contributed by atoms with van der Waals surface area (Å²) in [4.78, 5) is 12.0. The number of hydrogen-bond donors (Lipinski definition) is 1. The number of para-hydroxylation sites is 1. The average Bonchev–Trinajstić information content (AvgIpc) is 2.47. The first-order valence-electron chi connectivity index (χ1n) is 6.23. The average molecular weight is 304 g/mol. The fraction of sp³-hybridized carbons (Fsp3) is 0. The Hall–Kier alpha value is -1.17. The van der Waals surface area contributed by atoms with E-state index in [0.717, 1.165) is 10.8 Å². The van der Waals surface area contributed by atoms with Crippen LogP contribution in [-0.2, 0) is 0 Å². The molecule has 0 radical (unpaired) electrons. The van der Waals surface area contributed by atoms with E-state index in [2.05, 4.69) is 0 Å². The van der Waals surface area contributed by atoms with Crippen LogP contribution in [0.2, 0.25) is 0 Å². The normalized spacial score (nSPS) is 9.90. The van der Waals surface area contributed by atoms with Crippen molar-refractivity contribution in [3.8, 4) is 11.5 Å². The zero-order valence-electron chi connectivity index (χ0n) is 12.6. The van der Waals surface area contributed by atoms with Crippen LogP contribution in [0.15, 0.2) is 66.7 Å². The van der Waals surface area contributed by atoms with E-state index in [-0.39, 0.29) is 64.1 Å². The molecule has 0 aliphatic heterocycles. The molecule has 4 heteroatoms. The van der Waals surface area contributed by atoms with E-state index in [1.165, 1.54) is 12.1 Å². The second-order valence-electron chi connectivity index (χ2n) is 4.42. The second kappa shape index (κ2) is 7.20. The van der Waals surface area contributed by atoms with E-state index in [1.54, 1.807) is 24.3 Å². The van der Waals surface area contributed by atoms with Gasteiger partial charge in [0.2, 0.25) is 0 Å². The van der Waals surface area contributed by atoms with Crippen molar-refractivity contribution in [2.24, 2.45) is 0 Å². The quantitative estimate of drug-likeness (QED) is 0.434. The molecule has 3 nitrogen and oxygen atoms in total. The maximum absolute atomic E-state index is 12.0. The van der Waals surface area contributed by atoms with Crippen molar-refractivity contribution in [1.29, 1.82) is 0 Å². The van der Waals surface area contributed by atoms with E-state index in [4.69, 9.17) is 4.74 Å². The third kappa shape index (κ3) is 3.73. The molecule has 0 aromatic heterocycles. The molecule has 0 aliphatic carbocycles. The molecule has 0 heterocycles. The molecular formula is C17H13KO3. The molecule has 0 atom stereocenters. The number of hydrogen-bond acceptors (Lipinski definition) is 3. The first-order valence-corrected chi connectivity index (χ1v) is 6.23. The molecule has 3 aromatic carbocycles. The van der Waals surface area contributed by atoms with Crippen LogP contribution in [0.1, 0.15) is 11.8 Å². The summed E-state index contributed by atoms with van der Waals surface area (Å²) in [5.74, 6) is -0.200. The van der Waals surface area contributed by atoms with Gasteiger partial charge in [0, 0.05) is 0 Å². The van der Waals surface area contributed by atoms with Crippen molar-refractivity contribution in [3.05, 3.63) is 72.3 Å². The number of phenolic OH excluding ortho intramolecular Hbond substituents is 1. The van der Waals surface area contributed by atoms with Crippen LogP contribution in [0.3, 0.4) is 0 Å². The van der Waals surface area contributed by atoms with Crippen LogP contribution in [0.25, 0.3) is 10.8 Å². The fourth-order valence-electron chi connectivity index (χ4n) is 2.04. The number of ether oxygens (including phenoxy) is 1. The van der Waals surface area contributed by atoms with Gasteiger partial charge in [-0.2, -0.15) is 0 Å².